The highest BCUT2D eigenvalue weighted by Gasteiger charge is 2.51. The van der Waals surface area contributed by atoms with Crippen molar-refractivity contribution in [2.75, 3.05) is 13.2 Å². The predicted octanol–water partition coefficient (Wildman–Crippen LogP) is 3.35. The van der Waals surface area contributed by atoms with Gasteiger partial charge in [-0.1, -0.05) is 0 Å². The summed E-state index contributed by atoms with van der Waals surface area (Å²) in [5, 5.41) is 0. The first-order chi connectivity index (χ1) is 9.22. The Morgan fingerprint density at radius 3 is 2.00 bits per heavy atom. The van der Waals surface area contributed by atoms with E-state index in [1.807, 2.05) is 0 Å². The second kappa shape index (κ2) is 4.73. The van der Waals surface area contributed by atoms with Crippen LogP contribution in [-0.4, -0.2) is 19.3 Å². The maximum Gasteiger partial charge on any atom is 0.0469 e. The van der Waals surface area contributed by atoms with E-state index in [4.69, 9.17) is 10.5 Å². The minimum Gasteiger partial charge on any atom is -0.381 e. The van der Waals surface area contributed by atoms with Crippen molar-refractivity contribution in [2.24, 2.45) is 34.8 Å². The number of ether oxygens (including phenoxy) is 1. The Bertz CT molecular complexity index is 299. The van der Waals surface area contributed by atoms with Crippen LogP contribution in [0.15, 0.2) is 0 Å². The molecular weight excluding hydrogens is 234 g/mol. The molecule has 1 saturated heterocycles. The molecule has 0 radical (unpaired) electrons. The topological polar surface area (TPSA) is 35.2 Å². The average Bonchev–Trinajstić information content (AvgIpc) is 2.37. The predicted molar refractivity (Wildman–Crippen MR) is 76.7 cm³/mol. The van der Waals surface area contributed by atoms with E-state index >= 15 is 0 Å². The van der Waals surface area contributed by atoms with Gasteiger partial charge in [0.05, 0.1) is 0 Å². The van der Waals surface area contributed by atoms with Gasteiger partial charge in [0.2, 0.25) is 0 Å². The van der Waals surface area contributed by atoms with Gasteiger partial charge in [-0.05, 0) is 86.9 Å². The summed E-state index contributed by atoms with van der Waals surface area (Å²) in [5.41, 5.74) is 7.27. The highest BCUT2D eigenvalue weighted by atomic mass is 16.5. The largest absolute Gasteiger partial charge is 0.381 e. The second-order valence-corrected chi connectivity index (χ2v) is 8.24. The fourth-order valence-electron chi connectivity index (χ4n) is 6.35. The third kappa shape index (κ3) is 2.35. The lowest BCUT2D eigenvalue weighted by Gasteiger charge is -2.58. The van der Waals surface area contributed by atoms with Gasteiger partial charge < -0.3 is 10.5 Å². The van der Waals surface area contributed by atoms with Crippen molar-refractivity contribution in [3.05, 3.63) is 0 Å². The van der Waals surface area contributed by atoms with Crippen LogP contribution >= 0.6 is 0 Å². The molecule has 19 heavy (non-hydrogen) atoms. The lowest BCUT2D eigenvalue weighted by atomic mass is 9.48. The van der Waals surface area contributed by atoms with Crippen molar-refractivity contribution in [3.63, 3.8) is 0 Å². The number of hydrogen-bond acceptors (Lipinski definition) is 2. The van der Waals surface area contributed by atoms with Crippen LogP contribution in [0.3, 0.4) is 0 Å². The molecule has 4 bridgehead atoms. The van der Waals surface area contributed by atoms with E-state index in [-0.39, 0.29) is 0 Å². The van der Waals surface area contributed by atoms with Crippen LogP contribution in [0, 0.1) is 29.1 Å². The second-order valence-electron chi connectivity index (χ2n) is 8.24. The Balaban J connectivity index is 1.44. The molecule has 0 amide bonds. The Morgan fingerprint density at radius 2 is 1.47 bits per heavy atom. The van der Waals surface area contributed by atoms with Gasteiger partial charge in [0.1, 0.15) is 0 Å². The summed E-state index contributed by atoms with van der Waals surface area (Å²) in [6.07, 6.45) is 12.9. The maximum atomic E-state index is 6.61. The van der Waals surface area contributed by atoms with E-state index in [9.17, 15) is 0 Å². The molecule has 2 heteroatoms. The Hall–Kier alpha value is -0.0800. The molecule has 1 unspecified atom stereocenters. The molecule has 2 N–H and O–H groups in total. The zero-order valence-corrected chi connectivity index (χ0v) is 12.2. The third-order valence-electron chi connectivity index (χ3n) is 6.71. The zero-order valence-electron chi connectivity index (χ0n) is 12.2. The van der Waals surface area contributed by atoms with Crippen LogP contribution in [0.5, 0.6) is 0 Å². The average molecular weight is 263 g/mol. The van der Waals surface area contributed by atoms with Crippen molar-refractivity contribution in [1.82, 2.24) is 0 Å². The molecule has 0 aromatic heterocycles. The summed E-state index contributed by atoms with van der Waals surface area (Å²) in [5.74, 6) is 3.93. The number of rotatable bonds is 3. The van der Waals surface area contributed by atoms with Gasteiger partial charge in [-0.25, -0.2) is 0 Å². The van der Waals surface area contributed by atoms with Gasteiger partial charge >= 0.3 is 0 Å². The minimum absolute atomic E-state index is 0.445. The molecular formula is C17H29NO. The lowest BCUT2D eigenvalue weighted by Crippen LogP contribution is -2.49. The molecule has 4 saturated carbocycles. The van der Waals surface area contributed by atoms with Gasteiger partial charge in [-0.3, -0.25) is 0 Å². The number of nitrogens with two attached hydrogens (primary N) is 1. The van der Waals surface area contributed by atoms with E-state index < -0.39 is 0 Å². The highest BCUT2D eigenvalue weighted by molar-refractivity contribution is 5.02. The Labute approximate surface area is 117 Å². The molecule has 5 fully saturated rings. The first kappa shape index (κ1) is 12.6. The van der Waals surface area contributed by atoms with Crippen LogP contribution in [0.2, 0.25) is 0 Å². The van der Waals surface area contributed by atoms with E-state index in [0.717, 1.165) is 36.9 Å². The molecule has 5 aliphatic rings. The first-order valence-corrected chi connectivity index (χ1v) is 8.56. The van der Waals surface area contributed by atoms with E-state index in [1.165, 1.54) is 38.5 Å². The van der Waals surface area contributed by atoms with Crippen LogP contribution in [0.1, 0.15) is 57.8 Å². The molecule has 1 aliphatic heterocycles. The van der Waals surface area contributed by atoms with Gasteiger partial charge in [-0.15, -0.1) is 0 Å². The molecule has 108 valence electrons. The van der Waals surface area contributed by atoms with Crippen molar-refractivity contribution < 1.29 is 4.74 Å². The van der Waals surface area contributed by atoms with Crippen LogP contribution in [0.4, 0.5) is 0 Å². The summed E-state index contributed by atoms with van der Waals surface area (Å²) < 4.78 is 5.49. The van der Waals surface area contributed by atoms with Gasteiger partial charge in [0, 0.05) is 19.3 Å². The normalized spacial score (nSPS) is 47.5. The van der Waals surface area contributed by atoms with Gasteiger partial charge in [-0.2, -0.15) is 0 Å². The fraction of sp³-hybridized carbons (Fsp3) is 1.00. The molecule has 5 rings (SSSR count). The monoisotopic (exact) mass is 263 g/mol. The summed E-state index contributed by atoms with van der Waals surface area (Å²) in [6, 6.07) is 0.445. The molecule has 0 aromatic rings. The van der Waals surface area contributed by atoms with Crippen LogP contribution < -0.4 is 5.73 Å². The van der Waals surface area contributed by atoms with Crippen molar-refractivity contribution in [1.29, 1.82) is 0 Å². The van der Waals surface area contributed by atoms with E-state index in [0.29, 0.717) is 11.5 Å². The van der Waals surface area contributed by atoms with Crippen LogP contribution in [-0.2, 0) is 4.74 Å². The SMILES string of the molecule is NC(CC12CC3CC(CC(C3)C1)C2)C1CCOCC1. The zero-order chi connectivity index (χ0) is 12.9. The van der Waals surface area contributed by atoms with Gasteiger partial charge in [0.25, 0.3) is 0 Å². The molecule has 0 aromatic carbocycles. The van der Waals surface area contributed by atoms with E-state index in [2.05, 4.69) is 0 Å². The molecule has 4 aliphatic carbocycles. The summed E-state index contributed by atoms with van der Waals surface area (Å²) in [4.78, 5) is 0. The highest BCUT2D eigenvalue weighted by Crippen LogP contribution is 2.61. The van der Waals surface area contributed by atoms with Crippen molar-refractivity contribution >= 4 is 0 Å². The van der Waals surface area contributed by atoms with Crippen molar-refractivity contribution in [2.45, 2.75) is 63.8 Å². The summed E-state index contributed by atoms with van der Waals surface area (Å²) in [6.45, 7) is 1.89. The third-order valence-corrected chi connectivity index (χ3v) is 6.71. The summed E-state index contributed by atoms with van der Waals surface area (Å²) >= 11 is 0. The fourth-order valence-corrected chi connectivity index (χ4v) is 6.35. The first-order valence-electron chi connectivity index (χ1n) is 8.56. The van der Waals surface area contributed by atoms with Crippen LogP contribution in [0.25, 0.3) is 0 Å². The molecule has 2 nitrogen and oxygen atoms in total. The molecule has 1 atom stereocenters. The molecule has 0 spiro atoms. The smallest absolute Gasteiger partial charge is 0.0469 e. The minimum atomic E-state index is 0.445. The quantitative estimate of drug-likeness (QED) is 0.847. The Kier molecular flexibility index (Phi) is 3.15. The summed E-state index contributed by atoms with van der Waals surface area (Å²) in [7, 11) is 0. The standard InChI is InChI=1S/C17H29NO/c18-16(15-1-3-19-4-2-15)11-17-8-12-5-13(9-17)7-14(6-12)10-17/h12-16H,1-11,18H2. The van der Waals surface area contributed by atoms with Gasteiger partial charge in [0.15, 0.2) is 0 Å². The van der Waals surface area contributed by atoms with Crippen molar-refractivity contribution in [3.8, 4) is 0 Å². The maximum absolute atomic E-state index is 6.61. The lowest BCUT2D eigenvalue weighted by molar-refractivity contribution is -0.0656. The number of hydrogen-bond donors (Lipinski definition) is 1. The Morgan fingerprint density at radius 1 is 0.947 bits per heavy atom. The molecule has 1 heterocycles. The van der Waals surface area contributed by atoms with E-state index in [1.54, 1.807) is 19.3 Å².